The molecule has 2 aromatic heterocycles. The van der Waals surface area contributed by atoms with Crippen molar-refractivity contribution in [3.05, 3.63) is 42.0 Å². The zero-order chi connectivity index (χ0) is 16.5. The van der Waals surface area contributed by atoms with Gasteiger partial charge in [0.1, 0.15) is 0 Å². The molecule has 2 fully saturated rings. The minimum Gasteiger partial charge on any atom is -0.374 e. The van der Waals surface area contributed by atoms with Crippen LogP contribution >= 0.6 is 0 Å². The standard InChI is InChI=1S/C17H21N5O2/c1-12-9-19-20-22(12)11-14-4-5-15-16(14)24-8-7-21(15)17(23)13-3-2-6-18-10-13/h2-3,6,9-10,14-16H,4-5,7-8,11H2,1H3/t14-,15-,16-/m0/s1. The van der Waals surface area contributed by atoms with E-state index in [0.29, 0.717) is 24.6 Å². The van der Waals surface area contributed by atoms with Crippen molar-refractivity contribution in [1.29, 1.82) is 0 Å². The summed E-state index contributed by atoms with van der Waals surface area (Å²) in [6.45, 7) is 4.03. The van der Waals surface area contributed by atoms with Crippen molar-refractivity contribution in [2.45, 2.75) is 38.5 Å². The smallest absolute Gasteiger partial charge is 0.255 e. The molecule has 0 N–H and O–H groups in total. The average molecular weight is 327 g/mol. The molecule has 1 saturated carbocycles. The van der Waals surface area contributed by atoms with Crippen LogP contribution < -0.4 is 0 Å². The van der Waals surface area contributed by atoms with Crippen LogP contribution in [0.2, 0.25) is 0 Å². The Hall–Kier alpha value is -2.28. The third-order valence-electron chi connectivity index (χ3n) is 5.11. The average Bonchev–Trinajstić information content (AvgIpc) is 3.22. The molecule has 7 nitrogen and oxygen atoms in total. The molecule has 126 valence electrons. The zero-order valence-electron chi connectivity index (χ0n) is 13.7. The van der Waals surface area contributed by atoms with E-state index in [9.17, 15) is 4.79 Å². The first-order valence-electron chi connectivity index (χ1n) is 8.42. The van der Waals surface area contributed by atoms with E-state index in [2.05, 4.69) is 15.3 Å². The van der Waals surface area contributed by atoms with E-state index in [4.69, 9.17) is 4.74 Å². The second kappa shape index (κ2) is 6.32. The summed E-state index contributed by atoms with van der Waals surface area (Å²) in [5.74, 6) is 0.416. The van der Waals surface area contributed by atoms with Gasteiger partial charge in [0.15, 0.2) is 0 Å². The van der Waals surface area contributed by atoms with Crippen LogP contribution in [0, 0.1) is 12.8 Å². The van der Waals surface area contributed by atoms with Crippen LogP contribution in [0.5, 0.6) is 0 Å². The largest absolute Gasteiger partial charge is 0.374 e. The second-order valence-electron chi connectivity index (χ2n) is 6.54. The van der Waals surface area contributed by atoms with Gasteiger partial charge >= 0.3 is 0 Å². The van der Waals surface area contributed by atoms with Gasteiger partial charge in [0.25, 0.3) is 5.91 Å². The molecule has 2 aromatic rings. The molecule has 4 rings (SSSR count). The van der Waals surface area contributed by atoms with E-state index in [0.717, 1.165) is 25.1 Å². The monoisotopic (exact) mass is 327 g/mol. The van der Waals surface area contributed by atoms with Gasteiger partial charge in [-0.25, -0.2) is 4.68 Å². The summed E-state index contributed by atoms with van der Waals surface area (Å²) in [6.07, 6.45) is 7.17. The maximum Gasteiger partial charge on any atom is 0.255 e. The Morgan fingerprint density at radius 1 is 1.38 bits per heavy atom. The van der Waals surface area contributed by atoms with Gasteiger partial charge in [-0.2, -0.15) is 0 Å². The molecular weight excluding hydrogens is 306 g/mol. The molecule has 0 unspecified atom stereocenters. The van der Waals surface area contributed by atoms with E-state index in [1.165, 1.54) is 0 Å². The first-order valence-corrected chi connectivity index (χ1v) is 8.42. The van der Waals surface area contributed by atoms with Crippen LogP contribution in [0.3, 0.4) is 0 Å². The number of nitrogens with zero attached hydrogens (tertiary/aromatic N) is 5. The van der Waals surface area contributed by atoms with Gasteiger partial charge in [0, 0.05) is 31.4 Å². The number of rotatable bonds is 3. The highest BCUT2D eigenvalue weighted by molar-refractivity contribution is 5.94. The maximum absolute atomic E-state index is 12.8. The number of aryl methyl sites for hydroxylation is 1. The lowest BCUT2D eigenvalue weighted by molar-refractivity contribution is -0.0650. The summed E-state index contributed by atoms with van der Waals surface area (Å²) in [6, 6.07) is 3.77. The van der Waals surface area contributed by atoms with Gasteiger partial charge in [-0.1, -0.05) is 5.21 Å². The van der Waals surface area contributed by atoms with Crippen molar-refractivity contribution in [3.8, 4) is 0 Å². The molecule has 1 amide bonds. The van der Waals surface area contributed by atoms with Crippen LogP contribution in [0.1, 0.15) is 28.9 Å². The van der Waals surface area contributed by atoms with Gasteiger partial charge in [0.2, 0.25) is 0 Å². The summed E-state index contributed by atoms with van der Waals surface area (Å²) in [7, 11) is 0. The van der Waals surface area contributed by atoms with Crippen LogP contribution in [0.4, 0.5) is 0 Å². The Kier molecular flexibility index (Phi) is 4.02. The number of carbonyl (C=O) groups excluding carboxylic acids is 1. The van der Waals surface area contributed by atoms with E-state index in [1.54, 1.807) is 24.7 Å². The summed E-state index contributed by atoms with van der Waals surface area (Å²) < 4.78 is 7.98. The highest BCUT2D eigenvalue weighted by atomic mass is 16.5. The summed E-state index contributed by atoms with van der Waals surface area (Å²) in [5.41, 5.74) is 1.70. The Labute approximate surface area is 140 Å². The fraction of sp³-hybridized carbons (Fsp3) is 0.529. The van der Waals surface area contributed by atoms with Gasteiger partial charge in [-0.15, -0.1) is 5.10 Å². The van der Waals surface area contributed by atoms with Crippen LogP contribution in [0.15, 0.2) is 30.7 Å². The van der Waals surface area contributed by atoms with E-state index in [-0.39, 0.29) is 18.1 Å². The molecule has 0 radical (unpaired) electrons. The minimum absolute atomic E-state index is 0.0546. The number of morpholine rings is 1. The number of amides is 1. The lowest BCUT2D eigenvalue weighted by atomic mass is 10.0. The summed E-state index contributed by atoms with van der Waals surface area (Å²) in [5, 5.41) is 8.09. The Morgan fingerprint density at radius 3 is 3.04 bits per heavy atom. The number of hydrogen-bond acceptors (Lipinski definition) is 5. The Bertz CT molecular complexity index is 717. The van der Waals surface area contributed by atoms with E-state index >= 15 is 0 Å². The lowest BCUT2D eigenvalue weighted by Crippen LogP contribution is -2.53. The molecular formula is C17H21N5O2. The number of ether oxygens (including phenoxy) is 1. The number of carbonyl (C=O) groups is 1. The number of aromatic nitrogens is 4. The molecule has 3 heterocycles. The fourth-order valence-electron chi connectivity index (χ4n) is 3.87. The Balaban J connectivity index is 1.50. The molecule has 1 aliphatic carbocycles. The molecule has 0 spiro atoms. The molecule has 7 heteroatoms. The lowest BCUT2D eigenvalue weighted by Gasteiger charge is -2.39. The van der Waals surface area contributed by atoms with Gasteiger partial charge in [-0.05, 0) is 31.9 Å². The number of pyridine rings is 1. The quantitative estimate of drug-likeness (QED) is 0.849. The SMILES string of the molecule is Cc1cnnn1C[C@@H]1CC[C@H]2[C@H]1OCCN2C(=O)c1cccnc1. The third-order valence-corrected chi connectivity index (χ3v) is 5.11. The minimum atomic E-state index is 0.0546. The molecule has 1 aliphatic heterocycles. The predicted octanol–water partition coefficient (Wildman–Crippen LogP) is 1.30. The summed E-state index contributed by atoms with van der Waals surface area (Å²) in [4.78, 5) is 18.9. The summed E-state index contributed by atoms with van der Waals surface area (Å²) >= 11 is 0. The zero-order valence-corrected chi connectivity index (χ0v) is 13.7. The molecule has 3 atom stereocenters. The highest BCUT2D eigenvalue weighted by Gasteiger charge is 2.44. The van der Waals surface area contributed by atoms with Crippen molar-refractivity contribution in [3.63, 3.8) is 0 Å². The molecule has 2 aliphatic rings. The second-order valence-corrected chi connectivity index (χ2v) is 6.54. The van der Waals surface area contributed by atoms with Gasteiger partial charge in [0.05, 0.1) is 36.2 Å². The van der Waals surface area contributed by atoms with Gasteiger partial charge in [-0.3, -0.25) is 9.78 Å². The fourth-order valence-corrected chi connectivity index (χ4v) is 3.87. The maximum atomic E-state index is 12.8. The van der Waals surface area contributed by atoms with Crippen LogP contribution in [0.25, 0.3) is 0 Å². The van der Waals surface area contributed by atoms with Gasteiger partial charge < -0.3 is 9.64 Å². The molecule has 0 bridgehead atoms. The topological polar surface area (TPSA) is 73.1 Å². The van der Waals surface area contributed by atoms with Crippen molar-refractivity contribution in [1.82, 2.24) is 24.9 Å². The predicted molar refractivity (Wildman–Crippen MR) is 86.3 cm³/mol. The highest BCUT2D eigenvalue weighted by Crippen LogP contribution is 2.36. The van der Waals surface area contributed by atoms with E-state index < -0.39 is 0 Å². The number of hydrogen-bond donors (Lipinski definition) is 0. The Morgan fingerprint density at radius 2 is 2.29 bits per heavy atom. The molecule has 24 heavy (non-hydrogen) atoms. The first kappa shape index (κ1) is 15.3. The molecule has 1 saturated heterocycles. The van der Waals surface area contributed by atoms with Crippen LogP contribution in [-0.2, 0) is 11.3 Å². The van der Waals surface area contributed by atoms with E-state index in [1.807, 2.05) is 22.6 Å². The third kappa shape index (κ3) is 2.69. The molecule has 0 aromatic carbocycles. The van der Waals surface area contributed by atoms with Crippen molar-refractivity contribution in [2.24, 2.45) is 5.92 Å². The van der Waals surface area contributed by atoms with Crippen LogP contribution in [-0.4, -0.2) is 56.1 Å². The first-order chi connectivity index (χ1) is 11.7. The van der Waals surface area contributed by atoms with Crippen molar-refractivity contribution < 1.29 is 9.53 Å². The van der Waals surface area contributed by atoms with Crippen molar-refractivity contribution >= 4 is 5.91 Å². The normalized spacial score (nSPS) is 26.4. The van der Waals surface area contributed by atoms with Crippen molar-refractivity contribution in [2.75, 3.05) is 13.2 Å². The number of fused-ring (bicyclic) bond motifs is 1.